The summed E-state index contributed by atoms with van der Waals surface area (Å²) in [5.41, 5.74) is 6.21. The molecule has 0 aromatic heterocycles. The van der Waals surface area contributed by atoms with Gasteiger partial charge in [-0.15, -0.1) is 0 Å². The van der Waals surface area contributed by atoms with Crippen molar-refractivity contribution in [2.75, 3.05) is 0 Å². The van der Waals surface area contributed by atoms with Crippen LogP contribution in [0.2, 0.25) is 0 Å². The van der Waals surface area contributed by atoms with Gasteiger partial charge in [-0.25, -0.2) is 4.79 Å². The van der Waals surface area contributed by atoms with Gasteiger partial charge in [0, 0.05) is 0 Å². The summed E-state index contributed by atoms with van der Waals surface area (Å²) in [6.45, 7) is 1.64. The lowest BCUT2D eigenvalue weighted by molar-refractivity contribution is -0.138. The lowest BCUT2D eigenvalue weighted by atomic mass is 9.99. The SMILES string of the molecule is CC(C(=O)O)c1cccc(COC(N)=O)c1. The first-order chi connectivity index (χ1) is 7.50. The maximum Gasteiger partial charge on any atom is 0.404 e. The highest BCUT2D eigenvalue weighted by Gasteiger charge is 2.13. The highest BCUT2D eigenvalue weighted by Crippen LogP contribution is 2.17. The van der Waals surface area contributed by atoms with Gasteiger partial charge >= 0.3 is 12.1 Å². The monoisotopic (exact) mass is 223 g/mol. The van der Waals surface area contributed by atoms with Gasteiger partial charge in [0.2, 0.25) is 0 Å². The van der Waals surface area contributed by atoms with Crippen molar-refractivity contribution >= 4 is 12.1 Å². The predicted molar refractivity (Wildman–Crippen MR) is 56.9 cm³/mol. The highest BCUT2D eigenvalue weighted by molar-refractivity contribution is 5.75. The number of carbonyl (C=O) groups excluding carboxylic acids is 1. The Kier molecular flexibility index (Phi) is 3.88. The van der Waals surface area contributed by atoms with Crippen LogP contribution in [0.3, 0.4) is 0 Å². The Bertz CT molecular complexity index is 403. The molecule has 0 radical (unpaired) electrons. The Labute approximate surface area is 92.8 Å². The molecular formula is C11H13NO4. The van der Waals surface area contributed by atoms with E-state index in [9.17, 15) is 9.59 Å². The third kappa shape index (κ3) is 3.27. The summed E-state index contributed by atoms with van der Waals surface area (Å²) in [6.07, 6.45) is -0.850. The molecule has 1 rings (SSSR count). The van der Waals surface area contributed by atoms with Crippen molar-refractivity contribution in [1.29, 1.82) is 0 Å². The largest absolute Gasteiger partial charge is 0.481 e. The van der Waals surface area contributed by atoms with Crippen LogP contribution in [0, 0.1) is 0 Å². The number of hydrogen-bond donors (Lipinski definition) is 2. The van der Waals surface area contributed by atoms with Gasteiger partial charge in [-0.05, 0) is 18.1 Å². The van der Waals surface area contributed by atoms with E-state index in [0.29, 0.717) is 11.1 Å². The molecule has 0 saturated carbocycles. The van der Waals surface area contributed by atoms with Crippen LogP contribution in [0.4, 0.5) is 4.79 Å². The zero-order valence-electron chi connectivity index (χ0n) is 8.84. The molecule has 1 aromatic carbocycles. The first-order valence-corrected chi connectivity index (χ1v) is 4.74. The molecule has 0 aliphatic heterocycles. The molecule has 1 aromatic rings. The minimum absolute atomic E-state index is 0.0511. The van der Waals surface area contributed by atoms with Crippen LogP contribution >= 0.6 is 0 Å². The van der Waals surface area contributed by atoms with E-state index < -0.39 is 18.0 Å². The van der Waals surface area contributed by atoms with Crippen LogP contribution in [-0.2, 0) is 16.1 Å². The average Bonchev–Trinajstić information content (AvgIpc) is 2.25. The molecule has 5 heteroatoms. The van der Waals surface area contributed by atoms with Crippen LogP contribution in [0.5, 0.6) is 0 Å². The van der Waals surface area contributed by atoms with Crippen molar-refractivity contribution in [2.45, 2.75) is 19.4 Å². The van der Waals surface area contributed by atoms with E-state index in [4.69, 9.17) is 10.8 Å². The van der Waals surface area contributed by atoms with E-state index in [1.807, 2.05) is 0 Å². The predicted octanol–water partition coefficient (Wildman–Crippen LogP) is 1.47. The molecule has 0 fully saturated rings. The second-order valence-electron chi connectivity index (χ2n) is 3.41. The second-order valence-corrected chi connectivity index (χ2v) is 3.41. The van der Waals surface area contributed by atoms with Crippen LogP contribution in [0.15, 0.2) is 24.3 Å². The lowest BCUT2D eigenvalue weighted by Gasteiger charge is -2.08. The average molecular weight is 223 g/mol. The number of rotatable bonds is 4. The minimum Gasteiger partial charge on any atom is -0.481 e. The zero-order chi connectivity index (χ0) is 12.1. The van der Waals surface area contributed by atoms with Crippen LogP contribution in [0.1, 0.15) is 24.0 Å². The fourth-order valence-corrected chi connectivity index (χ4v) is 1.25. The summed E-state index contributed by atoms with van der Waals surface area (Å²) in [5.74, 6) is -1.48. The van der Waals surface area contributed by atoms with Crippen molar-refractivity contribution in [3.8, 4) is 0 Å². The molecular weight excluding hydrogens is 210 g/mol. The number of carboxylic acid groups (broad SMARTS) is 1. The number of nitrogens with two attached hydrogens (primary N) is 1. The molecule has 86 valence electrons. The van der Waals surface area contributed by atoms with Gasteiger partial charge in [0.1, 0.15) is 6.61 Å². The number of aliphatic carboxylic acids is 1. The summed E-state index contributed by atoms with van der Waals surface area (Å²) in [5, 5.41) is 8.84. The summed E-state index contributed by atoms with van der Waals surface area (Å²) < 4.78 is 4.61. The zero-order valence-corrected chi connectivity index (χ0v) is 8.84. The fraction of sp³-hybridized carbons (Fsp3) is 0.273. The number of carboxylic acids is 1. The summed E-state index contributed by atoms with van der Waals surface area (Å²) >= 11 is 0. The van der Waals surface area contributed by atoms with Gasteiger partial charge in [0.15, 0.2) is 0 Å². The minimum atomic E-state index is -0.895. The van der Waals surface area contributed by atoms with E-state index in [1.54, 1.807) is 31.2 Å². The Balaban J connectivity index is 2.78. The Morgan fingerprint density at radius 1 is 1.50 bits per heavy atom. The number of hydrogen-bond acceptors (Lipinski definition) is 3. The topological polar surface area (TPSA) is 89.6 Å². The Hall–Kier alpha value is -2.04. The van der Waals surface area contributed by atoms with Crippen molar-refractivity contribution < 1.29 is 19.4 Å². The molecule has 16 heavy (non-hydrogen) atoms. The van der Waals surface area contributed by atoms with Crippen molar-refractivity contribution in [2.24, 2.45) is 5.73 Å². The Morgan fingerprint density at radius 3 is 2.75 bits per heavy atom. The maximum atomic E-state index is 10.8. The highest BCUT2D eigenvalue weighted by atomic mass is 16.5. The second kappa shape index (κ2) is 5.16. The summed E-state index contributed by atoms with van der Waals surface area (Å²) in [7, 11) is 0. The number of benzene rings is 1. The maximum absolute atomic E-state index is 10.8. The van der Waals surface area contributed by atoms with Gasteiger partial charge in [0.25, 0.3) is 0 Å². The van der Waals surface area contributed by atoms with Crippen molar-refractivity contribution in [1.82, 2.24) is 0 Å². The first-order valence-electron chi connectivity index (χ1n) is 4.74. The molecule has 0 spiro atoms. The lowest BCUT2D eigenvalue weighted by Crippen LogP contribution is -2.13. The quantitative estimate of drug-likeness (QED) is 0.808. The standard InChI is InChI=1S/C11H13NO4/c1-7(10(13)14)9-4-2-3-8(5-9)6-16-11(12)15/h2-5,7H,6H2,1H3,(H2,12,15)(H,13,14). The molecule has 0 aliphatic rings. The van der Waals surface area contributed by atoms with Gasteiger partial charge < -0.3 is 15.6 Å². The van der Waals surface area contributed by atoms with Crippen LogP contribution in [-0.4, -0.2) is 17.2 Å². The Morgan fingerprint density at radius 2 is 2.19 bits per heavy atom. The van der Waals surface area contributed by atoms with E-state index in [1.165, 1.54) is 0 Å². The van der Waals surface area contributed by atoms with Crippen molar-refractivity contribution in [3.05, 3.63) is 35.4 Å². The normalized spacial score (nSPS) is 11.8. The molecule has 5 nitrogen and oxygen atoms in total. The van der Waals surface area contributed by atoms with Gasteiger partial charge in [-0.3, -0.25) is 4.79 Å². The van der Waals surface area contributed by atoms with Gasteiger partial charge in [-0.1, -0.05) is 24.3 Å². The number of amides is 1. The molecule has 0 heterocycles. The number of carbonyl (C=O) groups is 2. The molecule has 0 bridgehead atoms. The van der Waals surface area contributed by atoms with E-state index in [2.05, 4.69) is 4.74 Å². The van der Waals surface area contributed by atoms with E-state index >= 15 is 0 Å². The number of primary amides is 1. The summed E-state index contributed by atoms with van der Waals surface area (Å²) in [4.78, 5) is 21.2. The summed E-state index contributed by atoms with van der Waals surface area (Å²) in [6, 6.07) is 6.85. The fourth-order valence-electron chi connectivity index (χ4n) is 1.25. The van der Waals surface area contributed by atoms with Gasteiger partial charge in [0.05, 0.1) is 5.92 Å². The third-order valence-electron chi connectivity index (χ3n) is 2.20. The van der Waals surface area contributed by atoms with Crippen LogP contribution in [0.25, 0.3) is 0 Å². The van der Waals surface area contributed by atoms with Gasteiger partial charge in [-0.2, -0.15) is 0 Å². The molecule has 1 amide bonds. The third-order valence-corrected chi connectivity index (χ3v) is 2.20. The first kappa shape index (κ1) is 12.0. The number of ether oxygens (including phenoxy) is 1. The molecule has 3 N–H and O–H groups in total. The molecule has 1 unspecified atom stereocenters. The molecule has 1 atom stereocenters. The van der Waals surface area contributed by atoms with E-state index in [-0.39, 0.29) is 6.61 Å². The smallest absolute Gasteiger partial charge is 0.404 e. The van der Waals surface area contributed by atoms with Crippen molar-refractivity contribution in [3.63, 3.8) is 0 Å². The van der Waals surface area contributed by atoms with E-state index in [0.717, 1.165) is 0 Å². The molecule has 0 saturated heterocycles. The molecule has 0 aliphatic carbocycles. The van der Waals surface area contributed by atoms with Crippen LogP contribution < -0.4 is 5.73 Å².